The van der Waals surface area contributed by atoms with E-state index in [0.29, 0.717) is 43.6 Å². The van der Waals surface area contributed by atoms with Crippen LogP contribution in [0.3, 0.4) is 0 Å². The highest BCUT2D eigenvalue weighted by Gasteiger charge is 2.48. The number of carbonyl (C=O) groups is 2. The quantitative estimate of drug-likeness (QED) is 0.0432. The molecule has 43 heavy (non-hydrogen) atoms. The fourth-order valence-electron chi connectivity index (χ4n) is 4.67. The van der Waals surface area contributed by atoms with Gasteiger partial charge in [-0.25, -0.2) is 0 Å². The molecule has 3 aromatic carbocycles. The number of ether oxygens (including phenoxy) is 1. The zero-order valence-electron chi connectivity index (χ0n) is 23.5. The molecular formula is C32H29Cl2N3O4S2. The summed E-state index contributed by atoms with van der Waals surface area (Å²) in [6.45, 7) is 4.61. The first kappa shape index (κ1) is 31.1. The summed E-state index contributed by atoms with van der Waals surface area (Å²) < 4.78 is 6.57. The SMILES string of the molecule is CCCCCOc1cccc(C2/C(=C(\O)c3ccc(C)cc3)C(=O)C(=O)N2c2nnc(SCc3ccc(Cl)cc3Cl)s2)c1. The largest absolute Gasteiger partial charge is 0.507 e. The number of Topliss-reactive ketones (excluding diaryl/α,β-unsaturated/α-hetero) is 1. The number of amides is 1. The van der Waals surface area contributed by atoms with Crippen molar-refractivity contribution in [3.63, 3.8) is 0 Å². The number of carbonyl (C=O) groups excluding carboxylic acids is 2. The van der Waals surface area contributed by atoms with Gasteiger partial charge < -0.3 is 9.84 Å². The zero-order valence-corrected chi connectivity index (χ0v) is 26.7. The number of hydrogen-bond acceptors (Lipinski definition) is 8. The Labute approximate surface area is 268 Å². The molecule has 11 heteroatoms. The second-order valence-corrected chi connectivity index (χ2v) is 13.1. The van der Waals surface area contributed by atoms with Gasteiger partial charge in [0.05, 0.1) is 18.2 Å². The predicted molar refractivity (Wildman–Crippen MR) is 173 cm³/mol. The van der Waals surface area contributed by atoms with Crippen molar-refractivity contribution >= 4 is 68.9 Å². The lowest BCUT2D eigenvalue weighted by atomic mass is 9.95. The molecule has 2 heterocycles. The molecule has 1 aromatic heterocycles. The van der Waals surface area contributed by atoms with E-state index in [1.807, 2.05) is 43.3 Å². The van der Waals surface area contributed by atoms with Gasteiger partial charge in [0.15, 0.2) is 4.34 Å². The molecule has 0 spiro atoms. The van der Waals surface area contributed by atoms with Crippen LogP contribution in [0.5, 0.6) is 5.75 Å². The van der Waals surface area contributed by atoms with Gasteiger partial charge in [-0.15, -0.1) is 10.2 Å². The van der Waals surface area contributed by atoms with Crippen molar-refractivity contribution in [3.8, 4) is 5.75 Å². The van der Waals surface area contributed by atoms with Gasteiger partial charge in [0, 0.05) is 21.4 Å². The molecule has 1 aliphatic rings. The highest BCUT2D eigenvalue weighted by Crippen LogP contribution is 2.44. The van der Waals surface area contributed by atoms with Crippen molar-refractivity contribution in [2.24, 2.45) is 0 Å². The summed E-state index contributed by atoms with van der Waals surface area (Å²) in [6.07, 6.45) is 3.04. The van der Waals surface area contributed by atoms with Crippen LogP contribution in [0.15, 0.2) is 76.6 Å². The molecule has 1 aliphatic heterocycles. The van der Waals surface area contributed by atoms with Gasteiger partial charge in [-0.3, -0.25) is 14.5 Å². The van der Waals surface area contributed by atoms with E-state index in [-0.39, 0.29) is 16.5 Å². The Bertz CT molecular complexity index is 1670. The van der Waals surface area contributed by atoms with Gasteiger partial charge in [0.1, 0.15) is 11.5 Å². The molecule has 0 saturated carbocycles. The summed E-state index contributed by atoms with van der Waals surface area (Å²) in [5.74, 6) is -0.715. The third kappa shape index (κ3) is 7.07. The Morgan fingerprint density at radius 1 is 1.05 bits per heavy atom. The van der Waals surface area contributed by atoms with Crippen LogP contribution < -0.4 is 9.64 Å². The average Bonchev–Trinajstić information content (AvgIpc) is 3.57. The third-order valence-electron chi connectivity index (χ3n) is 6.93. The first-order chi connectivity index (χ1) is 20.8. The molecule has 5 rings (SSSR count). The number of nitrogens with zero attached hydrogens (tertiary/aromatic N) is 3. The van der Waals surface area contributed by atoms with Crippen LogP contribution in [-0.2, 0) is 15.3 Å². The second kappa shape index (κ2) is 13.9. The molecule has 1 atom stereocenters. The molecule has 1 saturated heterocycles. The number of ketones is 1. The highest BCUT2D eigenvalue weighted by molar-refractivity contribution is 8.00. The number of aliphatic hydroxyl groups is 1. The van der Waals surface area contributed by atoms with E-state index >= 15 is 0 Å². The number of halogens is 2. The molecule has 1 unspecified atom stereocenters. The van der Waals surface area contributed by atoms with Crippen LogP contribution in [0.1, 0.15) is 54.5 Å². The van der Waals surface area contributed by atoms with Gasteiger partial charge in [0.2, 0.25) is 5.13 Å². The molecule has 1 N–H and O–H groups in total. The van der Waals surface area contributed by atoms with Gasteiger partial charge >= 0.3 is 5.91 Å². The van der Waals surface area contributed by atoms with Crippen molar-refractivity contribution in [1.29, 1.82) is 0 Å². The van der Waals surface area contributed by atoms with E-state index in [2.05, 4.69) is 17.1 Å². The first-order valence-electron chi connectivity index (χ1n) is 13.8. The predicted octanol–water partition coefficient (Wildman–Crippen LogP) is 8.64. The second-order valence-electron chi connectivity index (χ2n) is 10.0. The molecule has 0 aliphatic carbocycles. The van der Waals surface area contributed by atoms with E-state index in [4.69, 9.17) is 27.9 Å². The minimum atomic E-state index is -0.933. The van der Waals surface area contributed by atoms with E-state index in [1.54, 1.807) is 30.3 Å². The molecule has 0 radical (unpaired) electrons. The van der Waals surface area contributed by atoms with Gasteiger partial charge in [-0.2, -0.15) is 0 Å². The van der Waals surface area contributed by atoms with Gasteiger partial charge in [-0.1, -0.05) is 114 Å². The smallest absolute Gasteiger partial charge is 0.301 e. The summed E-state index contributed by atoms with van der Waals surface area (Å²) in [5.41, 5.74) is 2.91. The Hall–Kier alpha value is -3.37. The lowest BCUT2D eigenvalue weighted by molar-refractivity contribution is -0.132. The van der Waals surface area contributed by atoms with E-state index in [0.717, 1.165) is 30.4 Å². The van der Waals surface area contributed by atoms with Crippen LogP contribution in [0.25, 0.3) is 5.76 Å². The maximum Gasteiger partial charge on any atom is 0.301 e. The van der Waals surface area contributed by atoms with Crippen molar-refractivity contribution in [2.45, 2.75) is 49.2 Å². The van der Waals surface area contributed by atoms with Crippen LogP contribution in [0.2, 0.25) is 10.0 Å². The Morgan fingerprint density at radius 2 is 1.84 bits per heavy atom. The topological polar surface area (TPSA) is 92.6 Å². The number of unbranched alkanes of at least 4 members (excludes halogenated alkanes) is 2. The monoisotopic (exact) mass is 653 g/mol. The Kier molecular flexibility index (Phi) is 10.1. The van der Waals surface area contributed by atoms with Crippen molar-refractivity contribution in [3.05, 3.63) is 105 Å². The molecule has 1 amide bonds. The summed E-state index contributed by atoms with van der Waals surface area (Å²) >= 11 is 14.9. The molecule has 1 fully saturated rings. The fraction of sp³-hybridized carbons (Fsp3) is 0.250. The first-order valence-corrected chi connectivity index (χ1v) is 16.3. The number of anilines is 1. The minimum absolute atomic E-state index is 0.0191. The molecule has 7 nitrogen and oxygen atoms in total. The Balaban J connectivity index is 1.51. The van der Waals surface area contributed by atoms with Crippen LogP contribution in [-0.4, -0.2) is 33.6 Å². The minimum Gasteiger partial charge on any atom is -0.507 e. The number of aryl methyl sites for hydroxylation is 1. The summed E-state index contributed by atoms with van der Waals surface area (Å²) in [5, 5.41) is 21.3. The Morgan fingerprint density at radius 3 is 2.58 bits per heavy atom. The number of thioether (sulfide) groups is 1. The maximum absolute atomic E-state index is 13.6. The number of rotatable bonds is 11. The van der Waals surface area contributed by atoms with Crippen LogP contribution >= 0.6 is 46.3 Å². The normalized spacial score (nSPS) is 16.2. The third-order valence-corrected chi connectivity index (χ3v) is 9.62. The fourth-order valence-corrected chi connectivity index (χ4v) is 7.09. The lowest BCUT2D eigenvalue weighted by Crippen LogP contribution is -2.29. The summed E-state index contributed by atoms with van der Waals surface area (Å²) in [4.78, 5) is 28.5. The molecular weight excluding hydrogens is 625 g/mol. The average molecular weight is 655 g/mol. The van der Waals surface area contributed by atoms with Crippen LogP contribution in [0.4, 0.5) is 5.13 Å². The van der Waals surface area contributed by atoms with Crippen molar-refractivity contribution in [2.75, 3.05) is 11.5 Å². The standard InChI is InChI=1S/C32H29Cl2N3O4S2/c1-3-4-5-15-41-24-8-6-7-21(16-24)27-26(28(38)20-11-9-19(2)10-12-20)29(39)30(40)37(27)31-35-36-32(43-31)42-18-22-13-14-23(33)17-25(22)34/h6-14,16-17,27,38H,3-5,15,18H2,1-2H3/b28-26+. The number of aromatic nitrogens is 2. The van der Waals surface area contributed by atoms with Gasteiger partial charge in [-0.05, 0) is 48.7 Å². The zero-order chi connectivity index (χ0) is 30.5. The maximum atomic E-state index is 13.6. The van der Waals surface area contributed by atoms with Gasteiger partial charge in [0.25, 0.3) is 5.78 Å². The van der Waals surface area contributed by atoms with E-state index in [9.17, 15) is 14.7 Å². The molecule has 4 aromatic rings. The number of benzene rings is 3. The molecule has 222 valence electrons. The number of hydrogen-bond donors (Lipinski definition) is 1. The van der Waals surface area contributed by atoms with E-state index < -0.39 is 17.7 Å². The lowest BCUT2D eigenvalue weighted by Gasteiger charge is -2.23. The van der Waals surface area contributed by atoms with Crippen LogP contribution in [0, 0.1) is 6.92 Å². The van der Waals surface area contributed by atoms with E-state index in [1.165, 1.54) is 28.0 Å². The summed E-state index contributed by atoms with van der Waals surface area (Å²) in [6, 6.07) is 18.8. The summed E-state index contributed by atoms with van der Waals surface area (Å²) in [7, 11) is 0. The number of aliphatic hydroxyl groups excluding tert-OH is 1. The highest BCUT2D eigenvalue weighted by atomic mass is 35.5. The van der Waals surface area contributed by atoms with Crippen molar-refractivity contribution in [1.82, 2.24) is 10.2 Å². The van der Waals surface area contributed by atoms with Crippen molar-refractivity contribution < 1.29 is 19.4 Å². The molecule has 0 bridgehead atoms.